The Labute approximate surface area is 126 Å². The predicted octanol–water partition coefficient (Wildman–Crippen LogP) is 3.81. The summed E-state index contributed by atoms with van der Waals surface area (Å²) in [6, 6.07) is 3.53. The summed E-state index contributed by atoms with van der Waals surface area (Å²) in [5.41, 5.74) is 1.78. The van der Waals surface area contributed by atoms with Crippen molar-refractivity contribution in [2.24, 2.45) is 11.3 Å². The number of aromatic nitrogens is 1. The van der Waals surface area contributed by atoms with Gasteiger partial charge in [0.25, 0.3) is 5.91 Å². The molecule has 1 atom stereocenters. The average molecular weight is 295 g/mol. The fraction of sp³-hybridized carbons (Fsp3) is 0.625. The van der Waals surface area contributed by atoms with Crippen molar-refractivity contribution in [3.63, 3.8) is 0 Å². The van der Waals surface area contributed by atoms with Gasteiger partial charge in [-0.3, -0.25) is 4.79 Å². The van der Waals surface area contributed by atoms with Gasteiger partial charge in [-0.25, -0.2) is 4.98 Å². The molecule has 1 amide bonds. The minimum Gasteiger partial charge on any atom is -0.338 e. The van der Waals surface area contributed by atoms with Gasteiger partial charge in [0, 0.05) is 24.3 Å². The first-order valence-corrected chi connectivity index (χ1v) is 7.64. The second-order valence-electron chi connectivity index (χ2n) is 6.63. The van der Waals surface area contributed by atoms with E-state index in [1.165, 1.54) is 0 Å². The Balaban J connectivity index is 2.15. The number of nitrogens with zero attached hydrogens (tertiary/aromatic N) is 2. The number of hydrogen-bond acceptors (Lipinski definition) is 2. The number of rotatable bonds is 2. The Kier molecular flexibility index (Phi) is 4.38. The lowest BCUT2D eigenvalue weighted by Gasteiger charge is -2.27. The van der Waals surface area contributed by atoms with E-state index >= 15 is 0 Å². The van der Waals surface area contributed by atoms with E-state index in [1.807, 2.05) is 17.9 Å². The van der Waals surface area contributed by atoms with Crippen molar-refractivity contribution in [2.45, 2.75) is 40.5 Å². The third kappa shape index (κ3) is 3.32. The van der Waals surface area contributed by atoms with E-state index in [9.17, 15) is 4.79 Å². The zero-order valence-corrected chi connectivity index (χ0v) is 13.5. The van der Waals surface area contributed by atoms with Gasteiger partial charge < -0.3 is 4.90 Å². The fourth-order valence-electron chi connectivity index (χ4n) is 2.69. The van der Waals surface area contributed by atoms with Crippen LogP contribution >= 0.6 is 11.6 Å². The normalized spacial score (nSPS) is 19.4. The molecule has 0 aliphatic carbocycles. The van der Waals surface area contributed by atoms with Crippen LogP contribution in [0.2, 0.25) is 5.15 Å². The van der Waals surface area contributed by atoms with Crippen molar-refractivity contribution >= 4 is 17.5 Å². The summed E-state index contributed by atoms with van der Waals surface area (Å²) in [5, 5.41) is 0.402. The van der Waals surface area contributed by atoms with Gasteiger partial charge in [-0.1, -0.05) is 39.3 Å². The van der Waals surface area contributed by atoms with Crippen LogP contribution in [-0.2, 0) is 6.42 Å². The van der Waals surface area contributed by atoms with Gasteiger partial charge in [0.1, 0.15) is 5.15 Å². The first kappa shape index (κ1) is 15.3. The summed E-state index contributed by atoms with van der Waals surface area (Å²) in [5.74, 6) is 0.644. The van der Waals surface area contributed by atoms with Crippen LogP contribution in [0.4, 0.5) is 0 Å². The Hall–Kier alpha value is -1.09. The lowest BCUT2D eigenvalue weighted by atomic mass is 9.80. The van der Waals surface area contributed by atoms with E-state index in [2.05, 4.69) is 25.8 Å². The summed E-state index contributed by atoms with van der Waals surface area (Å²) < 4.78 is 0. The Bertz CT molecular complexity index is 508. The van der Waals surface area contributed by atoms with Crippen molar-refractivity contribution < 1.29 is 4.79 Å². The van der Waals surface area contributed by atoms with Crippen LogP contribution in [-0.4, -0.2) is 28.9 Å². The summed E-state index contributed by atoms with van der Waals surface area (Å²) in [6.07, 6.45) is 1.86. The van der Waals surface area contributed by atoms with Crippen LogP contribution in [0, 0.1) is 11.3 Å². The number of pyridine rings is 1. The zero-order chi connectivity index (χ0) is 14.9. The lowest BCUT2D eigenvalue weighted by Crippen LogP contribution is -2.31. The van der Waals surface area contributed by atoms with Gasteiger partial charge in [-0.05, 0) is 36.3 Å². The molecule has 0 radical (unpaired) electrons. The summed E-state index contributed by atoms with van der Waals surface area (Å²) in [6.45, 7) is 10.4. The van der Waals surface area contributed by atoms with Crippen molar-refractivity contribution in [3.05, 3.63) is 28.5 Å². The molecule has 1 unspecified atom stereocenters. The molecule has 0 spiro atoms. The van der Waals surface area contributed by atoms with E-state index in [4.69, 9.17) is 11.6 Å². The van der Waals surface area contributed by atoms with Crippen LogP contribution in [0.15, 0.2) is 12.1 Å². The molecular formula is C16H23ClN2O. The maximum atomic E-state index is 12.6. The highest BCUT2D eigenvalue weighted by Crippen LogP contribution is 2.34. The van der Waals surface area contributed by atoms with Gasteiger partial charge in [-0.15, -0.1) is 0 Å². The molecule has 3 nitrogen and oxygen atoms in total. The molecule has 1 aromatic rings. The smallest absolute Gasteiger partial charge is 0.254 e. The number of likely N-dealkylation sites (tertiary alicyclic amines) is 1. The monoisotopic (exact) mass is 294 g/mol. The van der Waals surface area contributed by atoms with Gasteiger partial charge in [0.05, 0.1) is 0 Å². The zero-order valence-electron chi connectivity index (χ0n) is 12.7. The van der Waals surface area contributed by atoms with Crippen LogP contribution in [0.5, 0.6) is 0 Å². The molecular weight excluding hydrogens is 272 g/mol. The fourth-order valence-corrected chi connectivity index (χ4v) is 2.92. The summed E-state index contributed by atoms with van der Waals surface area (Å²) >= 11 is 6.00. The van der Waals surface area contributed by atoms with E-state index in [-0.39, 0.29) is 11.3 Å². The highest BCUT2D eigenvalue weighted by Gasteiger charge is 2.34. The van der Waals surface area contributed by atoms with Gasteiger partial charge in [0.2, 0.25) is 0 Å². The molecule has 1 aliphatic rings. The molecule has 4 heteroatoms. The number of aryl methyl sites for hydroxylation is 1. The Morgan fingerprint density at radius 2 is 2.15 bits per heavy atom. The second kappa shape index (κ2) is 5.72. The second-order valence-corrected chi connectivity index (χ2v) is 7.01. The highest BCUT2D eigenvalue weighted by molar-refractivity contribution is 6.29. The molecule has 0 N–H and O–H groups in total. The first-order valence-electron chi connectivity index (χ1n) is 7.27. The molecule has 20 heavy (non-hydrogen) atoms. The molecule has 1 saturated heterocycles. The van der Waals surface area contributed by atoms with Crippen LogP contribution in [0.3, 0.4) is 0 Å². The van der Waals surface area contributed by atoms with Gasteiger partial charge in [0.15, 0.2) is 0 Å². The number of halogens is 1. The Morgan fingerprint density at radius 3 is 2.70 bits per heavy atom. The molecule has 1 fully saturated rings. The molecule has 110 valence electrons. The van der Waals surface area contributed by atoms with Gasteiger partial charge in [-0.2, -0.15) is 0 Å². The van der Waals surface area contributed by atoms with E-state index in [1.54, 1.807) is 6.07 Å². The van der Waals surface area contributed by atoms with E-state index in [0.29, 0.717) is 16.6 Å². The van der Waals surface area contributed by atoms with Crippen LogP contribution in [0.1, 0.15) is 50.2 Å². The van der Waals surface area contributed by atoms with Crippen molar-refractivity contribution in [1.82, 2.24) is 9.88 Å². The minimum absolute atomic E-state index is 0.0794. The van der Waals surface area contributed by atoms with Crippen LogP contribution in [0.25, 0.3) is 0 Å². The number of carbonyl (C=O) groups excluding carboxylic acids is 1. The molecule has 0 aromatic carbocycles. The van der Waals surface area contributed by atoms with E-state index < -0.39 is 0 Å². The molecule has 0 saturated carbocycles. The largest absolute Gasteiger partial charge is 0.338 e. The minimum atomic E-state index is 0.0794. The maximum absolute atomic E-state index is 12.6. The number of amides is 1. The quantitative estimate of drug-likeness (QED) is 0.777. The number of carbonyl (C=O) groups is 1. The van der Waals surface area contributed by atoms with Crippen molar-refractivity contribution in [2.75, 3.05) is 13.1 Å². The molecule has 1 aliphatic heterocycles. The molecule has 0 bridgehead atoms. The van der Waals surface area contributed by atoms with Gasteiger partial charge >= 0.3 is 0 Å². The topological polar surface area (TPSA) is 33.2 Å². The van der Waals surface area contributed by atoms with Crippen molar-refractivity contribution in [1.29, 1.82) is 0 Å². The summed E-state index contributed by atoms with van der Waals surface area (Å²) in [4.78, 5) is 18.7. The van der Waals surface area contributed by atoms with E-state index in [0.717, 1.165) is 31.6 Å². The standard InChI is InChI=1S/C16H23ClN2O/c1-5-13-8-11(9-14(17)18-13)15(20)19-7-6-12(10-19)16(2,3)4/h8-9,12H,5-7,10H2,1-4H3. The maximum Gasteiger partial charge on any atom is 0.254 e. The summed E-state index contributed by atoms with van der Waals surface area (Å²) in [7, 11) is 0. The van der Waals surface area contributed by atoms with Crippen molar-refractivity contribution in [3.8, 4) is 0 Å². The first-order chi connectivity index (χ1) is 9.31. The molecule has 2 heterocycles. The average Bonchev–Trinajstić information content (AvgIpc) is 2.86. The Morgan fingerprint density at radius 1 is 1.45 bits per heavy atom. The SMILES string of the molecule is CCc1cc(C(=O)N2CCC(C(C)(C)C)C2)cc(Cl)n1. The predicted molar refractivity (Wildman–Crippen MR) is 82.1 cm³/mol. The lowest BCUT2D eigenvalue weighted by molar-refractivity contribution is 0.0776. The third-order valence-electron chi connectivity index (χ3n) is 4.16. The van der Waals surface area contributed by atoms with Crippen LogP contribution < -0.4 is 0 Å². The third-order valence-corrected chi connectivity index (χ3v) is 4.35. The molecule has 2 rings (SSSR count). The highest BCUT2D eigenvalue weighted by atomic mass is 35.5. The molecule has 1 aromatic heterocycles. The number of hydrogen-bond donors (Lipinski definition) is 0.